The van der Waals surface area contributed by atoms with Crippen LogP contribution in [0.5, 0.6) is 0 Å². The molecule has 2 heterocycles. The minimum atomic E-state index is -4.44. The molecule has 4 rings (SSSR count). The second kappa shape index (κ2) is 7.51. The van der Waals surface area contributed by atoms with E-state index in [2.05, 4.69) is 4.98 Å². The number of fused-ring (bicyclic) bond motifs is 1. The van der Waals surface area contributed by atoms with E-state index < -0.39 is 17.7 Å². The van der Waals surface area contributed by atoms with Crippen molar-refractivity contribution in [2.24, 2.45) is 0 Å². The molecular formula is C23H14F3NO3. The molecule has 1 N–H and O–H groups in total. The predicted molar refractivity (Wildman–Crippen MR) is 107 cm³/mol. The summed E-state index contributed by atoms with van der Waals surface area (Å²) in [5, 5.41) is 9.99. The van der Waals surface area contributed by atoms with Crippen LogP contribution in [0.4, 0.5) is 13.2 Å². The molecule has 0 radical (unpaired) electrons. The molecule has 150 valence electrons. The number of carbonyl (C=O) groups is 1. The summed E-state index contributed by atoms with van der Waals surface area (Å²) in [6, 6.07) is 16.4. The summed E-state index contributed by atoms with van der Waals surface area (Å²) in [4.78, 5) is 16.0. The second-order valence-electron chi connectivity index (χ2n) is 6.53. The lowest BCUT2D eigenvalue weighted by Crippen LogP contribution is -2.04. The molecule has 0 atom stereocenters. The van der Waals surface area contributed by atoms with Crippen LogP contribution in [0.2, 0.25) is 0 Å². The van der Waals surface area contributed by atoms with E-state index in [1.165, 1.54) is 18.2 Å². The molecule has 0 saturated carbocycles. The summed E-state index contributed by atoms with van der Waals surface area (Å²) in [6.07, 6.45) is -1.26. The van der Waals surface area contributed by atoms with Crippen molar-refractivity contribution in [2.45, 2.75) is 6.18 Å². The Morgan fingerprint density at radius 3 is 2.53 bits per heavy atom. The summed E-state index contributed by atoms with van der Waals surface area (Å²) < 4.78 is 44.3. The van der Waals surface area contributed by atoms with Gasteiger partial charge >= 0.3 is 12.1 Å². The first-order valence-corrected chi connectivity index (χ1v) is 8.90. The van der Waals surface area contributed by atoms with Crippen molar-refractivity contribution in [3.8, 4) is 11.3 Å². The molecule has 7 heteroatoms. The summed E-state index contributed by atoms with van der Waals surface area (Å²) >= 11 is 0. The van der Waals surface area contributed by atoms with Gasteiger partial charge in [-0.05, 0) is 48.6 Å². The van der Waals surface area contributed by atoms with Crippen molar-refractivity contribution in [3.63, 3.8) is 0 Å². The highest BCUT2D eigenvalue weighted by Gasteiger charge is 2.30. The fraction of sp³-hybridized carbons (Fsp3) is 0.0435. The Balaban J connectivity index is 1.64. The van der Waals surface area contributed by atoms with Crippen molar-refractivity contribution in [1.29, 1.82) is 0 Å². The third-order valence-electron chi connectivity index (χ3n) is 4.49. The van der Waals surface area contributed by atoms with Crippen LogP contribution < -0.4 is 0 Å². The van der Waals surface area contributed by atoms with Gasteiger partial charge in [0.05, 0.1) is 22.3 Å². The summed E-state index contributed by atoms with van der Waals surface area (Å²) in [5.41, 5.74) is 0.644. The number of halogens is 3. The molecule has 0 amide bonds. The maximum absolute atomic E-state index is 12.9. The largest absolute Gasteiger partial charge is 0.478 e. The van der Waals surface area contributed by atoms with E-state index in [1.807, 2.05) is 0 Å². The zero-order valence-corrected chi connectivity index (χ0v) is 15.4. The number of nitrogens with zero attached hydrogens (tertiary/aromatic N) is 1. The van der Waals surface area contributed by atoms with Crippen LogP contribution >= 0.6 is 0 Å². The van der Waals surface area contributed by atoms with Crippen molar-refractivity contribution >= 4 is 29.0 Å². The smallest absolute Gasteiger partial charge is 0.416 e. The number of benzene rings is 2. The SMILES string of the molecule is O=C(O)c1cc(C=Cc2ccc(-c3cccc(C(F)(F)F)c3)o2)nc2ccccc12. The number of alkyl halides is 3. The Kier molecular flexibility index (Phi) is 4.87. The first-order valence-electron chi connectivity index (χ1n) is 8.90. The van der Waals surface area contributed by atoms with E-state index in [0.29, 0.717) is 33.7 Å². The Labute approximate surface area is 168 Å². The van der Waals surface area contributed by atoms with E-state index in [4.69, 9.17) is 4.42 Å². The monoisotopic (exact) mass is 409 g/mol. The van der Waals surface area contributed by atoms with Gasteiger partial charge in [0.25, 0.3) is 0 Å². The van der Waals surface area contributed by atoms with Gasteiger partial charge in [0.1, 0.15) is 11.5 Å². The average molecular weight is 409 g/mol. The minimum Gasteiger partial charge on any atom is -0.478 e. The molecule has 0 fully saturated rings. The lowest BCUT2D eigenvalue weighted by Gasteiger charge is -2.07. The second-order valence-corrected chi connectivity index (χ2v) is 6.53. The number of pyridine rings is 1. The van der Waals surface area contributed by atoms with Gasteiger partial charge in [0, 0.05) is 10.9 Å². The van der Waals surface area contributed by atoms with Crippen molar-refractivity contribution in [1.82, 2.24) is 4.98 Å². The number of aromatic carboxylic acids is 1. The molecule has 4 aromatic rings. The summed E-state index contributed by atoms with van der Waals surface area (Å²) in [7, 11) is 0. The molecule has 0 spiro atoms. The summed E-state index contributed by atoms with van der Waals surface area (Å²) in [5.74, 6) is -0.374. The topological polar surface area (TPSA) is 63.3 Å². The number of carboxylic acid groups (broad SMARTS) is 1. The highest BCUT2D eigenvalue weighted by molar-refractivity contribution is 6.03. The molecule has 2 aromatic heterocycles. The number of carboxylic acids is 1. The van der Waals surface area contributed by atoms with E-state index in [9.17, 15) is 23.1 Å². The quantitative estimate of drug-likeness (QED) is 0.425. The van der Waals surface area contributed by atoms with Crippen molar-refractivity contribution < 1.29 is 27.5 Å². The number of hydrogen-bond acceptors (Lipinski definition) is 3. The predicted octanol–water partition coefficient (Wildman–Crippen LogP) is 6.38. The van der Waals surface area contributed by atoms with Gasteiger partial charge in [-0.2, -0.15) is 13.2 Å². The van der Waals surface area contributed by atoms with Crippen LogP contribution in [0.3, 0.4) is 0 Å². The number of aromatic nitrogens is 1. The molecule has 0 aliphatic rings. The van der Waals surface area contributed by atoms with Crippen LogP contribution in [0.1, 0.15) is 27.4 Å². The van der Waals surface area contributed by atoms with E-state index >= 15 is 0 Å². The van der Waals surface area contributed by atoms with Gasteiger partial charge in [-0.25, -0.2) is 9.78 Å². The van der Waals surface area contributed by atoms with Crippen LogP contribution in [0.25, 0.3) is 34.4 Å². The first-order chi connectivity index (χ1) is 14.3. The van der Waals surface area contributed by atoms with Gasteiger partial charge in [0.2, 0.25) is 0 Å². The number of hydrogen-bond donors (Lipinski definition) is 1. The summed E-state index contributed by atoms with van der Waals surface area (Å²) in [6.45, 7) is 0. The van der Waals surface area contributed by atoms with E-state index in [-0.39, 0.29) is 5.56 Å². The fourth-order valence-electron chi connectivity index (χ4n) is 3.07. The maximum Gasteiger partial charge on any atom is 0.416 e. The Morgan fingerprint density at radius 2 is 1.77 bits per heavy atom. The van der Waals surface area contributed by atoms with Gasteiger partial charge in [-0.3, -0.25) is 0 Å². The Hall–Kier alpha value is -3.87. The molecule has 2 aromatic carbocycles. The fourth-order valence-corrected chi connectivity index (χ4v) is 3.07. The normalized spacial score (nSPS) is 12.0. The number of rotatable bonds is 4. The lowest BCUT2D eigenvalue weighted by atomic mass is 10.1. The molecule has 0 bridgehead atoms. The third kappa shape index (κ3) is 3.96. The molecule has 0 unspecified atom stereocenters. The van der Waals surface area contributed by atoms with Gasteiger partial charge < -0.3 is 9.52 Å². The average Bonchev–Trinajstić information content (AvgIpc) is 3.20. The lowest BCUT2D eigenvalue weighted by molar-refractivity contribution is -0.137. The molecular weight excluding hydrogens is 395 g/mol. The highest BCUT2D eigenvalue weighted by Crippen LogP contribution is 2.33. The molecule has 0 saturated heterocycles. The standard InChI is InChI=1S/C23H14F3NO3/c24-23(25,26)15-5-3-4-14(12-15)21-11-10-17(30-21)9-8-16-13-19(22(28)29)18-6-1-2-7-20(18)27-16/h1-13H,(H,28,29). The van der Waals surface area contributed by atoms with Crippen molar-refractivity contribution in [2.75, 3.05) is 0 Å². The van der Waals surface area contributed by atoms with Gasteiger partial charge in [-0.15, -0.1) is 0 Å². The van der Waals surface area contributed by atoms with Crippen molar-refractivity contribution in [3.05, 3.63) is 89.3 Å². The van der Waals surface area contributed by atoms with Crippen LogP contribution in [0.15, 0.2) is 71.1 Å². The minimum absolute atomic E-state index is 0.129. The zero-order chi connectivity index (χ0) is 21.3. The van der Waals surface area contributed by atoms with E-state index in [0.717, 1.165) is 12.1 Å². The third-order valence-corrected chi connectivity index (χ3v) is 4.49. The van der Waals surface area contributed by atoms with Gasteiger partial charge in [0.15, 0.2) is 0 Å². The highest BCUT2D eigenvalue weighted by atomic mass is 19.4. The maximum atomic E-state index is 12.9. The van der Waals surface area contributed by atoms with E-state index in [1.54, 1.807) is 48.6 Å². The number of para-hydroxylation sites is 1. The molecule has 0 aliphatic carbocycles. The van der Waals surface area contributed by atoms with Crippen LogP contribution in [0, 0.1) is 0 Å². The Morgan fingerprint density at radius 1 is 0.967 bits per heavy atom. The molecule has 30 heavy (non-hydrogen) atoms. The molecule has 0 aliphatic heterocycles. The Bertz CT molecular complexity index is 1270. The first kappa shape index (κ1) is 19.4. The number of furan rings is 1. The van der Waals surface area contributed by atoms with Gasteiger partial charge in [-0.1, -0.05) is 30.3 Å². The van der Waals surface area contributed by atoms with Crippen LogP contribution in [-0.2, 0) is 6.18 Å². The molecule has 4 nitrogen and oxygen atoms in total. The van der Waals surface area contributed by atoms with Crippen LogP contribution in [-0.4, -0.2) is 16.1 Å². The zero-order valence-electron chi connectivity index (χ0n) is 15.4.